The minimum absolute atomic E-state index is 0.0368. The summed E-state index contributed by atoms with van der Waals surface area (Å²) in [6.07, 6.45) is 3.67. The second-order valence-corrected chi connectivity index (χ2v) is 8.91. The summed E-state index contributed by atoms with van der Waals surface area (Å²) in [5.41, 5.74) is 6.94. The summed E-state index contributed by atoms with van der Waals surface area (Å²) in [6.45, 7) is 3.85. The van der Waals surface area contributed by atoms with Gasteiger partial charge in [0.25, 0.3) is 11.8 Å². The number of furan rings is 1. The number of rotatable bonds is 3. The first-order valence-corrected chi connectivity index (χ1v) is 11.6. The van der Waals surface area contributed by atoms with E-state index in [-0.39, 0.29) is 29.4 Å². The summed E-state index contributed by atoms with van der Waals surface area (Å²) in [6, 6.07) is 13.4. The van der Waals surface area contributed by atoms with E-state index < -0.39 is 0 Å². The number of nitrogens with zero attached hydrogens (tertiary/aromatic N) is 2. The maximum absolute atomic E-state index is 13.8. The second-order valence-electron chi connectivity index (χ2n) is 8.91. The molecule has 34 heavy (non-hydrogen) atoms. The summed E-state index contributed by atoms with van der Waals surface area (Å²) in [5, 5.41) is 4.40. The Morgan fingerprint density at radius 2 is 1.91 bits per heavy atom. The first-order valence-electron chi connectivity index (χ1n) is 11.6. The Morgan fingerprint density at radius 3 is 2.71 bits per heavy atom. The highest BCUT2D eigenvalue weighted by Gasteiger charge is 2.35. The third-order valence-corrected chi connectivity index (χ3v) is 6.64. The van der Waals surface area contributed by atoms with E-state index in [1.807, 2.05) is 19.9 Å². The highest BCUT2D eigenvalue weighted by Crippen LogP contribution is 2.36. The number of carbonyl (C=O) groups is 2. The molecule has 2 amide bonds. The number of amides is 2. The van der Waals surface area contributed by atoms with Gasteiger partial charge in [-0.1, -0.05) is 18.2 Å². The van der Waals surface area contributed by atoms with Crippen molar-refractivity contribution in [1.29, 1.82) is 0 Å². The van der Waals surface area contributed by atoms with E-state index in [9.17, 15) is 14.0 Å². The number of fused-ring (bicyclic) bond motifs is 2. The Labute approximate surface area is 197 Å². The highest BCUT2D eigenvalue weighted by atomic mass is 19.1. The van der Waals surface area contributed by atoms with Crippen molar-refractivity contribution in [2.24, 2.45) is 5.10 Å². The van der Waals surface area contributed by atoms with Crippen LogP contribution in [0, 0.1) is 12.7 Å². The molecule has 3 aromatic rings. The van der Waals surface area contributed by atoms with Crippen molar-refractivity contribution < 1.29 is 18.4 Å². The van der Waals surface area contributed by atoms with Crippen molar-refractivity contribution in [2.75, 3.05) is 4.90 Å². The van der Waals surface area contributed by atoms with E-state index >= 15 is 0 Å². The van der Waals surface area contributed by atoms with E-state index in [1.165, 1.54) is 12.1 Å². The van der Waals surface area contributed by atoms with Crippen LogP contribution < -0.4 is 10.3 Å². The van der Waals surface area contributed by atoms with Gasteiger partial charge in [-0.2, -0.15) is 5.10 Å². The molecule has 1 aromatic heterocycles. The number of nitrogens with one attached hydrogen (secondary N) is 1. The smallest absolute Gasteiger partial charge is 0.294 e. The van der Waals surface area contributed by atoms with Gasteiger partial charge < -0.3 is 9.32 Å². The molecule has 0 radical (unpaired) electrons. The fourth-order valence-electron chi connectivity index (χ4n) is 4.90. The number of carbonyl (C=O) groups excluding carboxylic acids is 2. The highest BCUT2D eigenvalue weighted by molar-refractivity contribution is 6.11. The Kier molecular flexibility index (Phi) is 5.77. The van der Waals surface area contributed by atoms with Gasteiger partial charge in [0.05, 0.1) is 5.71 Å². The molecular weight excluding hydrogens is 433 g/mol. The van der Waals surface area contributed by atoms with E-state index in [1.54, 1.807) is 35.2 Å². The van der Waals surface area contributed by atoms with Gasteiger partial charge in [0.15, 0.2) is 5.76 Å². The van der Waals surface area contributed by atoms with E-state index in [0.717, 1.165) is 36.1 Å². The predicted molar refractivity (Wildman–Crippen MR) is 128 cm³/mol. The Bertz CT molecular complexity index is 1300. The quantitative estimate of drug-likeness (QED) is 0.549. The van der Waals surface area contributed by atoms with Crippen molar-refractivity contribution in [3.8, 4) is 0 Å². The average molecular weight is 460 g/mol. The molecule has 0 spiro atoms. The van der Waals surface area contributed by atoms with Crippen LogP contribution in [0.2, 0.25) is 0 Å². The standard InChI is InChI=1S/C27H26FN3O3/c1-16-11-12-19-15-20(28)13-14-22(19)31(16)27(33)25-17(2)24-21(9-6-10-23(24)34-25)29-30-26(32)18-7-4-3-5-8-18/h3-5,7-8,13-16H,6,9-12H2,1-2H3,(H,30,32)/b29-21+. The number of hydrogen-bond donors (Lipinski definition) is 1. The molecule has 2 aliphatic rings. The summed E-state index contributed by atoms with van der Waals surface area (Å²) in [7, 11) is 0. The van der Waals surface area contributed by atoms with Crippen molar-refractivity contribution in [2.45, 2.75) is 52.0 Å². The van der Waals surface area contributed by atoms with Crippen LogP contribution in [-0.2, 0) is 12.8 Å². The molecule has 0 fully saturated rings. The van der Waals surface area contributed by atoms with Crippen LogP contribution in [0.4, 0.5) is 10.1 Å². The van der Waals surface area contributed by atoms with E-state index in [0.29, 0.717) is 35.4 Å². The van der Waals surface area contributed by atoms with Crippen molar-refractivity contribution in [1.82, 2.24) is 5.43 Å². The molecule has 2 heterocycles. The van der Waals surface area contributed by atoms with E-state index in [2.05, 4.69) is 10.5 Å². The first kappa shape index (κ1) is 22.1. The topological polar surface area (TPSA) is 74.9 Å². The number of anilines is 1. The summed E-state index contributed by atoms with van der Waals surface area (Å²) >= 11 is 0. The number of aryl methyl sites for hydroxylation is 2. The molecule has 6 nitrogen and oxygen atoms in total. The molecule has 0 bridgehead atoms. The van der Waals surface area contributed by atoms with Crippen molar-refractivity contribution >= 4 is 23.2 Å². The maximum atomic E-state index is 13.8. The van der Waals surface area contributed by atoms with Crippen molar-refractivity contribution in [3.05, 3.63) is 88.1 Å². The minimum Gasteiger partial charge on any atom is -0.455 e. The van der Waals surface area contributed by atoms with Gasteiger partial charge in [-0.05, 0) is 75.4 Å². The van der Waals surface area contributed by atoms with Gasteiger partial charge >= 0.3 is 0 Å². The van der Waals surface area contributed by atoms with Gasteiger partial charge in [-0.25, -0.2) is 9.82 Å². The van der Waals surface area contributed by atoms with Gasteiger partial charge in [0.2, 0.25) is 0 Å². The summed E-state index contributed by atoms with van der Waals surface area (Å²) < 4.78 is 19.9. The molecule has 7 heteroatoms. The molecule has 1 atom stereocenters. The summed E-state index contributed by atoms with van der Waals surface area (Å²) in [4.78, 5) is 27.8. The lowest BCUT2D eigenvalue weighted by molar-refractivity contribution is 0.0941. The summed E-state index contributed by atoms with van der Waals surface area (Å²) in [5.74, 6) is 0.161. The Morgan fingerprint density at radius 1 is 1.12 bits per heavy atom. The Hall–Kier alpha value is -3.74. The van der Waals surface area contributed by atoms with Crippen LogP contribution in [-0.4, -0.2) is 23.6 Å². The Balaban J connectivity index is 1.46. The van der Waals surface area contributed by atoms with Gasteiger partial charge in [0, 0.05) is 34.8 Å². The molecule has 174 valence electrons. The number of benzene rings is 2. The monoisotopic (exact) mass is 459 g/mol. The van der Waals surface area contributed by atoms with Gasteiger partial charge in [-0.15, -0.1) is 0 Å². The van der Waals surface area contributed by atoms with Crippen LogP contribution in [0.25, 0.3) is 0 Å². The minimum atomic E-state index is -0.302. The fraction of sp³-hybridized carbons (Fsp3) is 0.296. The third kappa shape index (κ3) is 3.91. The zero-order valence-electron chi connectivity index (χ0n) is 19.2. The lowest BCUT2D eigenvalue weighted by Crippen LogP contribution is -2.42. The molecular formula is C27H26FN3O3. The molecule has 1 N–H and O–H groups in total. The van der Waals surface area contributed by atoms with Crippen LogP contribution in [0.15, 0.2) is 58.0 Å². The average Bonchev–Trinajstić information content (AvgIpc) is 3.19. The zero-order chi connectivity index (χ0) is 23.8. The lowest BCUT2D eigenvalue weighted by atomic mass is 9.92. The number of hydrogen-bond acceptors (Lipinski definition) is 4. The van der Waals surface area contributed by atoms with Crippen LogP contribution in [0.5, 0.6) is 0 Å². The van der Waals surface area contributed by atoms with E-state index in [4.69, 9.17) is 4.42 Å². The molecule has 1 unspecified atom stereocenters. The number of halogens is 1. The molecule has 5 rings (SSSR count). The van der Waals surface area contributed by atoms with Crippen molar-refractivity contribution in [3.63, 3.8) is 0 Å². The predicted octanol–water partition coefficient (Wildman–Crippen LogP) is 5.18. The van der Waals surface area contributed by atoms with Crippen LogP contribution >= 0.6 is 0 Å². The van der Waals surface area contributed by atoms with Crippen LogP contribution in [0.1, 0.15) is 69.5 Å². The SMILES string of the molecule is Cc1c(C(=O)N2c3ccc(F)cc3CCC2C)oc2c1/C(=N/NC(=O)c1ccccc1)CCC2. The largest absolute Gasteiger partial charge is 0.455 e. The maximum Gasteiger partial charge on any atom is 0.294 e. The normalized spacial score (nSPS) is 18.4. The van der Waals surface area contributed by atoms with Crippen LogP contribution in [0.3, 0.4) is 0 Å². The van der Waals surface area contributed by atoms with Gasteiger partial charge in [0.1, 0.15) is 11.6 Å². The van der Waals surface area contributed by atoms with Gasteiger partial charge in [-0.3, -0.25) is 9.59 Å². The molecule has 2 aromatic carbocycles. The molecule has 1 aliphatic carbocycles. The number of hydrazone groups is 1. The first-order chi connectivity index (χ1) is 16.4. The lowest BCUT2D eigenvalue weighted by Gasteiger charge is -2.34. The molecule has 0 saturated heterocycles. The third-order valence-electron chi connectivity index (χ3n) is 6.64. The molecule has 0 saturated carbocycles. The fourth-order valence-corrected chi connectivity index (χ4v) is 4.90. The zero-order valence-corrected chi connectivity index (χ0v) is 19.2. The second kappa shape index (κ2) is 8.89. The molecule has 1 aliphatic heterocycles.